The lowest BCUT2D eigenvalue weighted by Gasteiger charge is -2.32. The molecule has 0 aliphatic carbocycles. The minimum Gasteiger partial charge on any atom is -0.402 e. The number of amidine groups is 1. The van der Waals surface area contributed by atoms with E-state index >= 15 is 0 Å². The summed E-state index contributed by atoms with van der Waals surface area (Å²) in [6, 6.07) is 5.09. The number of nitrogens with one attached hydrogen (secondary N) is 1. The van der Waals surface area contributed by atoms with E-state index in [9.17, 15) is 18.0 Å². The Morgan fingerprint density at radius 3 is 2.65 bits per heavy atom. The number of benzene rings is 1. The molecule has 0 spiro atoms. The lowest BCUT2D eigenvalue weighted by Crippen LogP contribution is -2.42. The van der Waals surface area contributed by atoms with Crippen LogP contribution in [0, 0.1) is 5.41 Å². The standard InChI is InChI=1S/C21H23F3N6O/c1-12(31)29-7-6-17(25)16(11-29)20(26)30-8-5-14-9-13(3-4-18(14)30)15-10-28(2)27-19(15)21(22,23)24/h3-4,9-10,26H,5-8,11,25H2,1-2H3. The van der Waals surface area contributed by atoms with Crippen LogP contribution in [0.2, 0.25) is 0 Å². The van der Waals surface area contributed by atoms with Gasteiger partial charge in [0.25, 0.3) is 0 Å². The van der Waals surface area contributed by atoms with Crippen LogP contribution in [0.5, 0.6) is 0 Å². The molecule has 2 aliphatic rings. The van der Waals surface area contributed by atoms with Crippen molar-refractivity contribution in [3.63, 3.8) is 0 Å². The van der Waals surface area contributed by atoms with Crippen LogP contribution in [0.3, 0.4) is 0 Å². The van der Waals surface area contributed by atoms with Crippen molar-refractivity contribution in [2.24, 2.45) is 12.8 Å². The molecule has 0 bridgehead atoms. The monoisotopic (exact) mass is 432 g/mol. The number of nitrogens with zero attached hydrogens (tertiary/aromatic N) is 4. The third-order valence-electron chi connectivity index (χ3n) is 5.77. The minimum atomic E-state index is -4.54. The molecule has 2 aliphatic heterocycles. The second-order valence-electron chi connectivity index (χ2n) is 7.85. The maximum absolute atomic E-state index is 13.4. The Bertz CT molecular complexity index is 1100. The predicted octanol–water partition coefficient (Wildman–Crippen LogP) is 2.91. The van der Waals surface area contributed by atoms with Gasteiger partial charge >= 0.3 is 6.18 Å². The maximum atomic E-state index is 13.4. The molecular formula is C21H23F3N6O. The fourth-order valence-corrected chi connectivity index (χ4v) is 4.15. The number of rotatable bonds is 2. The van der Waals surface area contributed by atoms with E-state index in [1.54, 1.807) is 28.0 Å². The molecule has 10 heteroatoms. The molecule has 7 nitrogen and oxygen atoms in total. The molecule has 0 radical (unpaired) electrons. The van der Waals surface area contributed by atoms with Gasteiger partial charge in [-0.3, -0.25) is 14.9 Å². The minimum absolute atomic E-state index is 0.0302. The number of hydrogen-bond donors (Lipinski definition) is 2. The van der Waals surface area contributed by atoms with Crippen molar-refractivity contribution in [3.8, 4) is 11.1 Å². The summed E-state index contributed by atoms with van der Waals surface area (Å²) in [5.74, 6) is 0.161. The largest absolute Gasteiger partial charge is 0.435 e. The van der Waals surface area contributed by atoms with Gasteiger partial charge in [-0.15, -0.1) is 0 Å². The fourth-order valence-electron chi connectivity index (χ4n) is 4.15. The van der Waals surface area contributed by atoms with Gasteiger partial charge in [0.2, 0.25) is 5.91 Å². The molecule has 31 heavy (non-hydrogen) atoms. The summed E-state index contributed by atoms with van der Waals surface area (Å²) < 4.78 is 41.2. The third-order valence-corrected chi connectivity index (χ3v) is 5.77. The van der Waals surface area contributed by atoms with Gasteiger partial charge in [-0.25, -0.2) is 0 Å². The lowest BCUT2D eigenvalue weighted by atomic mass is 10.0. The van der Waals surface area contributed by atoms with Gasteiger partial charge in [0.1, 0.15) is 5.84 Å². The van der Waals surface area contributed by atoms with Crippen molar-refractivity contribution in [2.45, 2.75) is 25.9 Å². The Kier molecular flexibility index (Phi) is 5.03. The van der Waals surface area contributed by atoms with Gasteiger partial charge in [0.05, 0.1) is 6.54 Å². The van der Waals surface area contributed by atoms with Crippen LogP contribution >= 0.6 is 0 Å². The molecule has 1 amide bonds. The van der Waals surface area contributed by atoms with Crippen molar-refractivity contribution in [3.05, 3.63) is 46.9 Å². The Labute approximate surface area is 177 Å². The van der Waals surface area contributed by atoms with Crippen molar-refractivity contribution in [1.29, 1.82) is 5.41 Å². The summed E-state index contributed by atoms with van der Waals surface area (Å²) in [5.41, 5.74) is 8.54. The Morgan fingerprint density at radius 2 is 1.97 bits per heavy atom. The summed E-state index contributed by atoms with van der Waals surface area (Å²) in [6.45, 7) is 2.83. The quantitative estimate of drug-likeness (QED) is 0.564. The van der Waals surface area contributed by atoms with E-state index in [1.165, 1.54) is 20.2 Å². The fraction of sp³-hybridized carbons (Fsp3) is 0.381. The first kappa shape index (κ1) is 21.0. The van der Waals surface area contributed by atoms with Crippen LogP contribution in [0.1, 0.15) is 24.6 Å². The molecule has 0 saturated carbocycles. The zero-order valence-electron chi connectivity index (χ0n) is 17.3. The van der Waals surface area contributed by atoms with E-state index in [-0.39, 0.29) is 23.9 Å². The van der Waals surface area contributed by atoms with Gasteiger partial charge in [0, 0.05) is 62.2 Å². The lowest BCUT2D eigenvalue weighted by molar-refractivity contribution is -0.141. The number of aryl methyl sites for hydroxylation is 1. The molecule has 1 aromatic carbocycles. The first-order valence-electron chi connectivity index (χ1n) is 9.90. The van der Waals surface area contributed by atoms with Crippen LogP contribution in [0.4, 0.5) is 18.9 Å². The molecule has 3 heterocycles. The Morgan fingerprint density at radius 1 is 1.23 bits per heavy atom. The molecule has 0 fully saturated rings. The van der Waals surface area contributed by atoms with Crippen molar-refractivity contribution in [1.82, 2.24) is 14.7 Å². The maximum Gasteiger partial charge on any atom is 0.435 e. The number of alkyl halides is 3. The second kappa shape index (κ2) is 7.44. The van der Waals surface area contributed by atoms with Crippen molar-refractivity contribution >= 4 is 17.4 Å². The smallest absolute Gasteiger partial charge is 0.402 e. The number of halogens is 3. The average molecular weight is 432 g/mol. The van der Waals surface area contributed by atoms with Crippen LogP contribution in [0.25, 0.3) is 11.1 Å². The average Bonchev–Trinajstić information content (AvgIpc) is 3.30. The number of carbonyl (C=O) groups excluding carboxylic acids is 1. The highest BCUT2D eigenvalue weighted by atomic mass is 19.4. The Hall–Kier alpha value is -3.30. The summed E-state index contributed by atoms with van der Waals surface area (Å²) in [5, 5.41) is 12.3. The first-order chi connectivity index (χ1) is 14.6. The number of fused-ring (bicyclic) bond motifs is 1. The zero-order valence-corrected chi connectivity index (χ0v) is 17.3. The number of carbonyl (C=O) groups is 1. The van der Waals surface area contributed by atoms with E-state index in [0.29, 0.717) is 42.8 Å². The van der Waals surface area contributed by atoms with Crippen molar-refractivity contribution in [2.75, 3.05) is 24.5 Å². The summed E-state index contributed by atoms with van der Waals surface area (Å²) in [6.07, 6.45) is -2.07. The van der Waals surface area contributed by atoms with E-state index in [2.05, 4.69) is 5.10 Å². The number of hydrogen-bond acceptors (Lipinski definition) is 4. The number of amides is 1. The van der Waals surface area contributed by atoms with Gasteiger partial charge in [0.15, 0.2) is 5.69 Å². The van der Waals surface area contributed by atoms with E-state index in [1.807, 2.05) is 0 Å². The number of aromatic nitrogens is 2. The molecule has 2 aromatic rings. The highest BCUT2D eigenvalue weighted by Gasteiger charge is 2.37. The molecule has 164 valence electrons. The Balaban J connectivity index is 1.64. The molecule has 1 aromatic heterocycles. The van der Waals surface area contributed by atoms with Crippen LogP contribution < -0.4 is 10.6 Å². The van der Waals surface area contributed by atoms with Gasteiger partial charge in [-0.05, 0) is 29.7 Å². The molecule has 0 unspecified atom stereocenters. The summed E-state index contributed by atoms with van der Waals surface area (Å²) in [7, 11) is 1.46. The SMILES string of the molecule is CC(=O)N1CCC(N)=C(C(=N)N2CCc3cc(-c4cn(C)nc4C(F)(F)F)ccc32)C1. The van der Waals surface area contributed by atoms with Crippen LogP contribution in [-0.2, 0) is 24.4 Å². The van der Waals surface area contributed by atoms with E-state index in [4.69, 9.17) is 11.1 Å². The van der Waals surface area contributed by atoms with Crippen LogP contribution in [-0.4, -0.2) is 46.1 Å². The number of nitrogens with two attached hydrogens (primary N) is 1. The summed E-state index contributed by atoms with van der Waals surface area (Å²) >= 11 is 0. The number of anilines is 1. The first-order valence-corrected chi connectivity index (χ1v) is 9.90. The van der Waals surface area contributed by atoms with Gasteiger partial charge in [-0.2, -0.15) is 18.3 Å². The van der Waals surface area contributed by atoms with E-state index < -0.39 is 11.9 Å². The molecule has 0 saturated heterocycles. The molecule has 4 rings (SSSR count). The predicted molar refractivity (Wildman–Crippen MR) is 111 cm³/mol. The van der Waals surface area contributed by atoms with Gasteiger partial charge in [-0.1, -0.05) is 6.07 Å². The second-order valence-corrected chi connectivity index (χ2v) is 7.85. The molecule has 3 N–H and O–H groups in total. The third kappa shape index (κ3) is 3.77. The molecule has 0 atom stereocenters. The van der Waals surface area contributed by atoms with Gasteiger partial charge < -0.3 is 15.5 Å². The van der Waals surface area contributed by atoms with Crippen molar-refractivity contribution < 1.29 is 18.0 Å². The van der Waals surface area contributed by atoms with E-state index in [0.717, 1.165) is 15.9 Å². The van der Waals surface area contributed by atoms with Crippen LogP contribution in [0.15, 0.2) is 35.7 Å². The highest BCUT2D eigenvalue weighted by Crippen LogP contribution is 2.39. The highest BCUT2D eigenvalue weighted by molar-refractivity contribution is 6.10. The topological polar surface area (TPSA) is 91.2 Å². The molecular weight excluding hydrogens is 409 g/mol. The zero-order chi connectivity index (χ0) is 22.5. The normalized spacial score (nSPS) is 16.7. The summed E-state index contributed by atoms with van der Waals surface area (Å²) in [4.78, 5) is 15.2.